The van der Waals surface area contributed by atoms with Gasteiger partial charge in [0.1, 0.15) is 5.52 Å². The number of amides is 1. The summed E-state index contributed by atoms with van der Waals surface area (Å²) in [6.07, 6.45) is 0.776. The fourth-order valence-corrected chi connectivity index (χ4v) is 1.82. The van der Waals surface area contributed by atoms with Gasteiger partial charge in [-0.1, -0.05) is 6.07 Å². The van der Waals surface area contributed by atoms with Gasteiger partial charge in [0.15, 0.2) is 11.5 Å². The van der Waals surface area contributed by atoms with Gasteiger partial charge in [0, 0.05) is 20.5 Å². The van der Waals surface area contributed by atoms with E-state index in [0.717, 1.165) is 23.1 Å². The van der Waals surface area contributed by atoms with E-state index in [1.165, 1.54) is 0 Å². The number of aryl methyl sites for hydroxylation is 1. The van der Waals surface area contributed by atoms with E-state index in [4.69, 9.17) is 10.2 Å². The Labute approximate surface area is 106 Å². The quantitative estimate of drug-likeness (QED) is 0.878. The SMILES string of the molecule is Cc1nc2ccc(CCN(C)C(=O)CN)cc2o1. The lowest BCUT2D eigenvalue weighted by Gasteiger charge is -2.15. The molecule has 5 heteroatoms. The Balaban J connectivity index is 2.05. The zero-order valence-electron chi connectivity index (χ0n) is 10.6. The second kappa shape index (κ2) is 5.18. The molecule has 2 aromatic rings. The number of nitrogens with two attached hydrogens (primary N) is 1. The highest BCUT2D eigenvalue weighted by molar-refractivity contribution is 5.77. The van der Waals surface area contributed by atoms with Crippen molar-refractivity contribution in [3.05, 3.63) is 29.7 Å². The zero-order valence-corrected chi connectivity index (χ0v) is 10.6. The molecule has 5 nitrogen and oxygen atoms in total. The van der Waals surface area contributed by atoms with Crippen LogP contribution in [-0.4, -0.2) is 35.9 Å². The number of rotatable bonds is 4. The van der Waals surface area contributed by atoms with Gasteiger partial charge in [0.05, 0.1) is 6.54 Å². The summed E-state index contributed by atoms with van der Waals surface area (Å²) >= 11 is 0. The van der Waals surface area contributed by atoms with E-state index in [-0.39, 0.29) is 12.5 Å². The molecule has 0 aliphatic rings. The lowest BCUT2D eigenvalue weighted by atomic mass is 10.1. The summed E-state index contributed by atoms with van der Waals surface area (Å²) in [5, 5.41) is 0. The van der Waals surface area contributed by atoms with Gasteiger partial charge >= 0.3 is 0 Å². The predicted octanol–water partition coefficient (Wildman–Crippen LogP) is 1.10. The third kappa shape index (κ3) is 2.68. The Morgan fingerprint density at radius 1 is 1.50 bits per heavy atom. The van der Waals surface area contributed by atoms with Crippen LogP contribution in [-0.2, 0) is 11.2 Å². The molecule has 0 fully saturated rings. The van der Waals surface area contributed by atoms with Gasteiger partial charge in [-0.3, -0.25) is 4.79 Å². The summed E-state index contributed by atoms with van der Waals surface area (Å²) in [7, 11) is 1.76. The van der Waals surface area contributed by atoms with Gasteiger partial charge < -0.3 is 15.1 Å². The minimum Gasteiger partial charge on any atom is -0.441 e. The second-order valence-corrected chi connectivity index (χ2v) is 4.30. The molecular formula is C13H17N3O2. The average molecular weight is 247 g/mol. The van der Waals surface area contributed by atoms with E-state index < -0.39 is 0 Å². The molecule has 2 N–H and O–H groups in total. The second-order valence-electron chi connectivity index (χ2n) is 4.30. The highest BCUT2D eigenvalue weighted by atomic mass is 16.3. The summed E-state index contributed by atoms with van der Waals surface area (Å²) in [5.74, 6) is 0.615. The highest BCUT2D eigenvalue weighted by Crippen LogP contribution is 2.17. The zero-order chi connectivity index (χ0) is 13.1. The molecule has 0 aliphatic heterocycles. The molecule has 0 atom stereocenters. The Hall–Kier alpha value is -1.88. The van der Waals surface area contributed by atoms with E-state index in [0.29, 0.717) is 12.4 Å². The van der Waals surface area contributed by atoms with Gasteiger partial charge in [-0.25, -0.2) is 4.98 Å². The summed E-state index contributed by atoms with van der Waals surface area (Å²) < 4.78 is 5.47. The van der Waals surface area contributed by atoms with Crippen molar-refractivity contribution in [1.29, 1.82) is 0 Å². The molecule has 0 bridgehead atoms. The minimum atomic E-state index is -0.0495. The van der Waals surface area contributed by atoms with Gasteiger partial charge in [-0.15, -0.1) is 0 Å². The van der Waals surface area contributed by atoms with Crippen molar-refractivity contribution < 1.29 is 9.21 Å². The van der Waals surface area contributed by atoms with E-state index in [2.05, 4.69) is 4.98 Å². The van der Waals surface area contributed by atoms with Crippen LogP contribution in [0.25, 0.3) is 11.1 Å². The van der Waals surface area contributed by atoms with Crippen LogP contribution in [0.4, 0.5) is 0 Å². The van der Waals surface area contributed by atoms with E-state index in [9.17, 15) is 4.79 Å². The number of oxazole rings is 1. The molecule has 1 heterocycles. The van der Waals surface area contributed by atoms with Crippen LogP contribution in [0.5, 0.6) is 0 Å². The third-order valence-corrected chi connectivity index (χ3v) is 2.90. The topological polar surface area (TPSA) is 72.4 Å². The smallest absolute Gasteiger partial charge is 0.236 e. The maximum absolute atomic E-state index is 11.3. The van der Waals surface area contributed by atoms with Crippen molar-refractivity contribution in [2.75, 3.05) is 20.1 Å². The molecule has 0 spiro atoms. The monoisotopic (exact) mass is 247 g/mol. The highest BCUT2D eigenvalue weighted by Gasteiger charge is 2.07. The van der Waals surface area contributed by atoms with Crippen LogP contribution in [0.3, 0.4) is 0 Å². The number of hydrogen-bond donors (Lipinski definition) is 1. The maximum atomic E-state index is 11.3. The van der Waals surface area contributed by atoms with Crippen molar-refractivity contribution in [2.45, 2.75) is 13.3 Å². The summed E-state index contributed by atoms with van der Waals surface area (Å²) in [6, 6.07) is 5.91. The standard InChI is InChI=1S/C13H17N3O2/c1-9-15-11-4-3-10(7-12(11)18-9)5-6-16(2)13(17)8-14/h3-4,7H,5-6,8,14H2,1-2H3. The maximum Gasteiger partial charge on any atom is 0.236 e. The minimum absolute atomic E-state index is 0.0495. The number of fused-ring (bicyclic) bond motifs is 1. The predicted molar refractivity (Wildman–Crippen MR) is 69.1 cm³/mol. The fraction of sp³-hybridized carbons (Fsp3) is 0.385. The van der Waals surface area contributed by atoms with Crippen LogP contribution in [0.1, 0.15) is 11.5 Å². The van der Waals surface area contributed by atoms with Gasteiger partial charge in [0.25, 0.3) is 0 Å². The Bertz CT molecular complexity index is 562. The van der Waals surface area contributed by atoms with Crippen LogP contribution in [0.15, 0.2) is 22.6 Å². The molecule has 0 saturated heterocycles. The van der Waals surface area contributed by atoms with Gasteiger partial charge in [-0.2, -0.15) is 0 Å². The van der Waals surface area contributed by atoms with Crippen LogP contribution in [0, 0.1) is 6.92 Å². The first kappa shape index (κ1) is 12.6. The normalized spacial score (nSPS) is 10.8. The third-order valence-electron chi connectivity index (χ3n) is 2.90. The number of carbonyl (C=O) groups is 1. The lowest BCUT2D eigenvalue weighted by molar-refractivity contribution is -0.128. The summed E-state index contributed by atoms with van der Waals surface area (Å²) in [4.78, 5) is 17.2. The molecule has 96 valence electrons. The van der Waals surface area contributed by atoms with Gasteiger partial charge in [-0.05, 0) is 24.1 Å². The summed E-state index contributed by atoms with van der Waals surface area (Å²) in [5.41, 5.74) is 8.08. The number of aromatic nitrogens is 1. The van der Waals surface area contributed by atoms with Crippen LogP contribution < -0.4 is 5.73 Å². The Kier molecular flexibility index (Phi) is 3.62. The number of likely N-dealkylation sites (N-methyl/N-ethyl adjacent to an activating group) is 1. The van der Waals surface area contributed by atoms with Crippen molar-refractivity contribution in [3.63, 3.8) is 0 Å². The van der Waals surface area contributed by atoms with Crippen molar-refractivity contribution in [3.8, 4) is 0 Å². The molecule has 0 saturated carbocycles. The molecule has 2 rings (SSSR count). The largest absolute Gasteiger partial charge is 0.441 e. The number of nitrogens with zero attached hydrogens (tertiary/aromatic N) is 2. The van der Waals surface area contributed by atoms with Gasteiger partial charge in [0.2, 0.25) is 5.91 Å². The molecule has 0 radical (unpaired) electrons. The number of hydrogen-bond acceptors (Lipinski definition) is 4. The van der Waals surface area contributed by atoms with E-state index in [1.807, 2.05) is 25.1 Å². The number of benzene rings is 1. The average Bonchev–Trinajstić information content (AvgIpc) is 2.74. The first-order valence-corrected chi connectivity index (χ1v) is 5.90. The molecule has 1 aromatic carbocycles. The Morgan fingerprint density at radius 2 is 2.28 bits per heavy atom. The van der Waals surface area contributed by atoms with Crippen molar-refractivity contribution in [2.24, 2.45) is 5.73 Å². The summed E-state index contributed by atoms with van der Waals surface area (Å²) in [6.45, 7) is 2.53. The molecule has 18 heavy (non-hydrogen) atoms. The van der Waals surface area contributed by atoms with Crippen molar-refractivity contribution in [1.82, 2.24) is 9.88 Å². The van der Waals surface area contributed by atoms with E-state index in [1.54, 1.807) is 11.9 Å². The molecule has 0 unspecified atom stereocenters. The number of carbonyl (C=O) groups excluding carboxylic acids is 1. The molecule has 1 aromatic heterocycles. The first-order chi connectivity index (χ1) is 8.60. The van der Waals surface area contributed by atoms with Crippen LogP contribution in [0.2, 0.25) is 0 Å². The van der Waals surface area contributed by atoms with Crippen molar-refractivity contribution >= 4 is 17.0 Å². The fourth-order valence-electron chi connectivity index (χ4n) is 1.82. The Morgan fingerprint density at radius 3 is 3.00 bits per heavy atom. The van der Waals surface area contributed by atoms with Crippen LogP contribution >= 0.6 is 0 Å². The molecule has 0 aliphatic carbocycles. The first-order valence-electron chi connectivity index (χ1n) is 5.90. The molecule has 1 amide bonds. The van der Waals surface area contributed by atoms with E-state index >= 15 is 0 Å². The molecular weight excluding hydrogens is 230 g/mol. The lowest BCUT2D eigenvalue weighted by Crippen LogP contribution is -2.34.